The van der Waals surface area contributed by atoms with Crippen LogP contribution in [0.25, 0.3) is 0 Å². The summed E-state index contributed by atoms with van der Waals surface area (Å²) in [7, 11) is 4.58. The average molecular weight is 596 g/mol. The van der Waals surface area contributed by atoms with Crippen LogP contribution < -0.4 is 0 Å². The minimum absolute atomic E-state index is 1.09. The number of hydrogen-bond donors (Lipinski definition) is 0. The van der Waals surface area contributed by atoms with E-state index < -0.39 is 0 Å². The summed E-state index contributed by atoms with van der Waals surface area (Å²) in [5.74, 6) is 0. The fraction of sp³-hybridized carbons (Fsp3) is 0.773. The number of hydrogen-bond acceptors (Lipinski definition) is 4. The van der Waals surface area contributed by atoms with Crippen LogP contribution >= 0.6 is 9.19 Å². The van der Waals surface area contributed by atoms with Gasteiger partial charge in [-0.15, -0.1) is 0 Å². The van der Waals surface area contributed by atoms with Gasteiger partial charge in [0.1, 0.15) is 0 Å². The molecule has 0 radical (unpaired) electrons. The van der Waals surface area contributed by atoms with Gasteiger partial charge in [-0.05, 0) is 66.5 Å². The van der Waals surface area contributed by atoms with E-state index in [2.05, 4.69) is 90.8 Å². The Kier molecular flexibility index (Phi) is 15.4. The van der Waals surface area contributed by atoms with E-state index in [1.807, 2.05) is 0 Å². The van der Waals surface area contributed by atoms with Crippen LogP contribution in [0, 0.1) is 6.67 Å². The Hall–Kier alpha value is -0.290. The second kappa shape index (κ2) is 15.5. The summed E-state index contributed by atoms with van der Waals surface area (Å²) in [6.45, 7) is 25.7. The molecular formula is C22H43AuClN4-. The zero-order chi connectivity index (χ0) is 21.7. The van der Waals surface area contributed by atoms with Crippen LogP contribution in [0.2, 0.25) is 0 Å². The van der Waals surface area contributed by atoms with Gasteiger partial charge in [-0.1, -0.05) is 27.7 Å². The Morgan fingerprint density at radius 3 is 1.14 bits per heavy atom. The molecule has 0 spiro atoms. The first-order valence-corrected chi connectivity index (χ1v) is 13.7. The van der Waals surface area contributed by atoms with E-state index in [-0.39, 0.29) is 0 Å². The normalized spacial score (nSPS) is 16.5. The van der Waals surface area contributed by atoms with Crippen molar-refractivity contribution in [1.29, 1.82) is 0 Å². The van der Waals surface area contributed by atoms with E-state index in [0.717, 1.165) is 45.7 Å². The summed E-state index contributed by atoms with van der Waals surface area (Å²) in [6.07, 6.45) is 4.63. The Morgan fingerprint density at radius 1 is 0.607 bits per heavy atom. The zero-order valence-corrected chi connectivity index (χ0v) is 22.3. The number of halogens is 1. The molecule has 2 heterocycles. The van der Waals surface area contributed by atoms with Crippen LogP contribution in [0.15, 0.2) is 22.8 Å². The molecule has 0 aromatic rings. The van der Waals surface area contributed by atoms with Crippen LogP contribution in [0.4, 0.5) is 0 Å². The third-order valence-electron chi connectivity index (χ3n) is 5.53. The Bertz CT molecular complexity index is 409. The van der Waals surface area contributed by atoms with E-state index in [1.165, 1.54) is 24.2 Å². The van der Waals surface area contributed by atoms with Crippen LogP contribution in [-0.2, 0) is 20.0 Å². The first-order valence-electron chi connectivity index (χ1n) is 11.0. The number of nitrogens with zero attached hydrogens (tertiary/aromatic N) is 4. The van der Waals surface area contributed by atoms with Gasteiger partial charge >= 0.3 is 29.2 Å². The van der Waals surface area contributed by atoms with Crippen molar-refractivity contribution in [2.75, 3.05) is 32.8 Å². The van der Waals surface area contributed by atoms with Crippen LogP contribution in [-0.4, -0.2) is 52.4 Å². The van der Waals surface area contributed by atoms with Gasteiger partial charge in [0.05, 0.1) is 6.67 Å². The minimum atomic E-state index is 1.09. The van der Waals surface area contributed by atoms with Crippen LogP contribution in [0.3, 0.4) is 0 Å². The molecule has 0 unspecified atom stereocenters. The van der Waals surface area contributed by atoms with Gasteiger partial charge in [-0.25, -0.2) is 0 Å². The third-order valence-corrected chi connectivity index (χ3v) is 5.53. The molecule has 0 saturated heterocycles. The van der Waals surface area contributed by atoms with E-state index in [0.29, 0.717) is 0 Å². The molecule has 0 saturated carbocycles. The predicted molar refractivity (Wildman–Crippen MR) is 120 cm³/mol. The van der Waals surface area contributed by atoms with Gasteiger partial charge in [0.25, 0.3) is 0 Å². The monoisotopic (exact) mass is 595 g/mol. The molecule has 2 aliphatic heterocycles. The van der Waals surface area contributed by atoms with Gasteiger partial charge in [0.15, 0.2) is 0 Å². The van der Waals surface area contributed by atoms with Crippen molar-refractivity contribution in [2.24, 2.45) is 0 Å². The molecule has 0 amide bonds. The fourth-order valence-electron chi connectivity index (χ4n) is 4.18. The quantitative estimate of drug-likeness (QED) is 0.248. The molecule has 6 heteroatoms. The number of allylic oxidation sites excluding steroid dienone is 4. The van der Waals surface area contributed by atoms with Gasteiger partial charge in [-0.2, -0.15) is 6.67 Å². The van der Waals surface area contributed by atoms with E-state index in [1.54, 1.807) is 31.4 Å². The Morgan fingerprint density at radius 2 is 0.929 bits per heavy atom. The summed E-state index contributed by atoms with van der Waals surface area (Å²) < 4.78 is 0. The Labute approximate surface area is 191 Å². The van der Waals surface area contributed by atoms with E-state index in [9.17, 15) is 0 Å². The van der Waals surface area contributed by atoms with Gasteiger partial charge in [0.2, 0.25) is 0 Å². The van der Waals surface area contributed by atoms with Crippen molar-refractivity contribution < 1.29 is 20.0 Å². The molecule has 28 heavy (non-hydrogen) atoms. The Balaban J connectivity index is 0.000000478. The summed E-state index contributed by atoms with van der Waals surface area (Å²) in [5.41, 5.74) is 6.14. The molecule has 2 aliphatic rings. The fourth-order valence-corrected chi connectivity index (χ4v) is 4.18. The van der Waals surface area contributed by atoms with Crippen molar-refractivity contribution in [3.8, 4) is 0 Å². The molecule has 0 bridgehead atoms. The molecule has 0 atom stereocenters. The summed E-state index contributed by atoms with van der Waals surface area (Å²) in [4.78, 5) is 9.70. The molecule has 170 valence electrons. The van der Waals surface area contributed by atoms with Crippen LogP contribution in [0.5, 0.6) is 0 Å². The van der Waals surface area contributed by atoms with Crippen molar-refractivity contribution in [1.82, 2.24) is 19.6 Å². The third kappa shape index (κ3) is 6.90. The van der Waals surface area contributed by atoms with E-state index in [4.69, 9.17) is 0 Å². The van der Waals surface area contributed by atoms with Crippen LogP contribution in [0.1, 0.15) is 81.1 Å². The molecular weight excluding hydrogens is 553 g/mol. The molecule has 4 nitrogen and oxygen atoms in total. The zero-order valence-electron chi connectivity index (χ0n) is 19.4. The first-order chi connectivity index (χ1) is 13.6. The summed E-state index contributed by atoms with van der Waals surface area (Å²) in [5, 5.41) is 0. The predicted octanol–water partition coefficient (Wildman–Crippen LogP) is 6.11. The number of rotatable bonds is 8. The van der Waals surface area contributed by atoms with E-state index >= 15 is 0 Å². The van der Waals surface area contributed by atoms with Crippen molar-refractivity contribution >= 4 is 9.19 Å². The summed E-state index contributed by atoms with van der Waals surface area (Å²) in [6, 6.07) is 0. The molecule has 0 aromatic carbocycles. The van der Waals surface area contributed by atoms with Gasteiger partial charge in [-0.3, -0.25) is 0 Å². The maximum atomic E-state index is 4.58. The molecule has 0 aliphatic carbocycles. The second-order valence-electron chi connectivity index (χ2n) is 6.74. The SMILES string of the molecule is CCC1=C(CC)N(CC)CN1CC.CCC1=C(CC)N(CC)[CH-]N1CC.[Cl][Au]. The first kappa shape index (κ1) is 27.7. The topological polar surface area (TPSA) is 13.0 Å². The average Bonchev–Trinajstić information content (AvgIpc) is 3.31. The summed E-state index contributed by atoms with van der Waals surface area (Å²) >= 11 is 1.75. The molecule has 2 rings (SSSR count). The van der Waals surface area contributed by atoms with Crippen molar-refractivity contribution in [2.45, 2.75) is 81.1 Å². The molecule has 0 aromatic heterocycles. The standard InChI is InChI=1S/C11H22N2.C11H21N2.Au.ClH/c2*1-5-10-11(6-2)13(8-4)9-12(10)7-3;;/h5-9H2,1-4H3;9H,5-8H2,1-4H3;;1H/q;-1;+1;/p-1. The maximum absolute atomic E-state index is 4.58. The molecule has 0 N–H and O–H groups in total. The van der Waals surface area contributed by atoms with Crippen molar-refractivity contribution in [3.05, 3.63) is 29.5 Å². The molecule has 0 fully saturated rings. The van der Waals surface area contributed by atoms with Gasteiger partial charge in [0, 0.05) is 35.9 Å². The van der Waals surface area contributed by atoms with Crippen molar-refractivity contribution in [3.63, 3.8) is 0 Å². The van der Waals surface area contributed by atoms with Gasteiger partial charge < -0.3 is 19.6 Å². The second-order valence-corrected chi connectivity index (χ2v) is 6.74.